The van der Waals surface area contributed by atoms with Crippen molar-refractivity contribution in [1.29, 1.82) is 0 Å². The molecule has 3 heteroatoms. The Kier molecular flexibility index (Phi) is 7.91. The van der Waals surface area contributed by atoms with Gasteiger partial charge in [-0.25, -0.2) is 0 Å². The molecular weight excluding hydrogens is 342 g/mol. The maximum atomic E-state index is 5.26. The van der Waals surface area contributed by atoms with Gasteiger partial charge in [0.2, 0.25) is 0 Å². The Hall–Kier alpha value is -0.669. The van der Waals surface area contributed by atoms with Gasteiger partial charge >= 0.3 is 21.7 Å². The number of fused-ring (bicyclic) bond motifs is 3. The van der Waals surface area contributed by atoms with Gasteiger partial charge in [0.1, 0.15) is 0 Å². The SMILES string of the molecule is CC(C)(C)[N-][Si](C)(C)C1c2ccccc2-c2ccccc21.[CH3-].[CH3-].[Ti+3]. The van der Waals surface area contributed by atoms with Crippen LogP contribution in [0.25, 0.3) is 16.1 Å². The molecule has 0 heterocycles. The number of nitrogens with zero attached hydrogens (tertiary/aromatic N) is 1. The zero-order valence-electron chi connectivity index (χ0n) is 16.1. The molecule has 0 fully saturated rings. The van der Waals surface area contributed by atoms with E-state index in [1.54, 1.807) is 0 Å². The van der Waals surface area contributed by atoms with E-state index in [-0.39, 0.29) is 42.1 Å². The van der Waals surface area contributed by atoms with Crippen molar-refractivity contribution < 1.29 is 21.7 Å². The third kappa shape index (κ3) is 4.29. The Morgan fingerprint density at radius 3 is 1.54 bits per heavy atom. The van der Waals surface area contributed by atoms with Crippen molar-refractivity contribution >= 4 is 8.24 Å². The van der Waals surface area contributed by atoms with Crippen LogP contribution in [0.15, 0.2) is 48.5 Å². The first-order valence-corrected chi connectivity index (χ1v) is 10.7. The van der Waals surface area contributed by atoms with E-state index >= 15 is 0 Å². The summed E-state index contributed by atoms with van der Waals surface area (Å²) in [5.74, 6) is 0. The molecular formula is C21H30NSiTi. The summed E-state index contributed by atoms with van der Waals surface area (Å²) >= 11 is 0. The second-order valence-electron chi connectivity index (χ2n) is 7.54. The molecule has 0 amide bonds. The summed E-state index contributed by atoms with van der Waals surface area (Å²) in [5.41, 5.74) is 6.27. The first-order chi connectivity index (χ1) is 9.80. The van der Waals surface area contributed by atoms with Crippen molar-refractivity contribution in [3.8, 4) is 11.1 Å². The van der Waals surface area contributed by atoms with E-state index in [1.165, 1.54) is 22.3 Å². The zero-order chi connectivity index (χ0) is 15.3. The third-order valence-corrected chi connectivity index (χ3v) is 7.45. The van der Waals surface area contributed by atoms with Crippen molar-refractivity contribution in [2.24, 2.45) is 0 Å². The molecule has 0 aromatic heterocycles. The topological polar surface area (TPSA) is 14.1 Å². The van der Waals surface area contributed by atoms with Crippen molar-refractivity contribution in [3.05, 3.63) is 79.5 Å². The molecule has 0 spiro atoms. The maximum Gasteiger partial charge on any atom is 3.00 e. The number of benzene rings is 2. The summed E-state index contributed by atoms with van der Waals surface area (Å²) in [6.45, 7) is 11.5. The van der Waals surface area contributed by atoms with Gasteiger partial charge in [-0.3, -0.25) is 0 Å². The largest absolute Gasteiger partial charge is 3.00 e. The van der Waals surface area contributed by atoms with E-state index in [0.717, 1.165) is 0 Å². The van der Waals surface area contributed by atoms with Crippen molar-refractivity contribution in [2.45, 2.75) is 44.9 Å². The van der Waals surface area contributed by atoms with Crippen LogP contribution < -0.4 is 0 Å². The second-order valence-corrected chi connectivity index (χ2v) is 11.7. The van der Waals surface area contributed by atoms with Crippen molar-refractivity contribution in [1.82, 2.24) is 0 Å². The van der Waals surface area contributed by atoms with Crippen LogP contribution in [0.2, 0.25) is 13.1 Å². The Morgan fingerprint density at radius 2 is 1.17 bits per heavy atom. The van der Waals surface area contributed by atoms with E-state index in [0.29, 0.717) is 5.54 Å². The molecule has 2 aromatic carbocycles. The molecule has 1 radical (unpaired) electrons. The standard InChI is InChI=1S/C19H24NSi.2CH3.Ti/c1-19(2,3)20-21(4,5)18-16-12-8-6-10-14(16)15-11-7-9-13-17(15)18;;;/h6-13,18H,1-5H3;2*1H3;/q3*-1;+3. The summed E-state index contributed by atoms with van der Waals surface area (Å²) in [5, 5.41) is 0. The molecule has 1 aliphatic rings. The van der Waals surface area contributed by atoms with Crippen LogP contribution in [-0.2, 0) is 21.7 Å². The molecule has 3 rings (SSSR count). The van der Waals surface area contributed by atoms with Crippen LogP contribution in [0, 0.1) is 14.9 Å². The number of hydrogen-bond donors (Lipinski definition) is 0. The smallest absolute Gasteiger partial charge is 0.659 e. The second kappa shape index (κ2) is 8.14. The van der Waals surface area contributed by atoms with E-state index in [2.05, 4.69) is 82.4 Å². The van der Waals surface area contributed by atoms with E-state index in [4.69, 9.17) is 4.98 Å². The molecule has 1 nitrogen and oxygen atoms in total. The molecule has 1 aliphatic carbocycles. The van der Waals surface area contributed by atoms with E-state index < -0.39 is 8.24 Å². The Morgan fingerprint density at radius 1 is 0.792 bits per heavy atom. The van der Waals surface area contributed by atoms with Gasteiger partial charge in [0, 0.05) is 0 Å². The monoisotopic (exact) mass is 372 g/mol. The minimum absolute atomic E-state index is 0. The Balaban J connectivity index is 0.00000176. The molecule has 0 aliphatic heterocycles. The van der Waals surface area contributed by atoms with Crippen LogP contribution in [0.1, 0.15) is 37.4 Å². The average Bonchev–Trinajstić information content (AvgIpc) is 2.71. The molecule has 24 heavy (non-hydrogen) atoms. The minimum Gasteiger partial charge on any atom is -0.659 e. The summed E-state index contributed by atoms with van der Waals surface area (Å²) < 4.78 is 0. The molecule has 0 saturated carbocycles. The molecule has 127 valence electrons. The zero-order valence-corrected chi connectivity index (χ0v) is 18.7. The van der Waals surface area contributed by atoms with Gasteiger partial charge < -0.3 is 19.8 Å². The quantitative estimate of drug-likeness (QED) is 0.416. The fourth-order valence-corrected chi connectivity index (χ4v) is 7.73. The maximum absolute atomic E-state index is 5.26. The van der Waals surface area contributed by atoms with Gasteiger partial charge in [-0.05, 0) is 36.0 Å². The van der Waals surface area contributed by atoms with Crippen LogP contribution in [0.3, 0.4) is 0 Å². The Bertz CT molecular complexity index is 628. The fourth-order valence-electron chi connectivity index (χ4n) is 3.85. The van der Waals surface area contributed by atoms with Crippen molar-refractivity contribution in [2.75, 3.05) is 0 Å². The Labute approximate surface area is 165 Å². The fraction of sp³-hybridized carbons (Fsp3) is 0.333. The van der Waals surface area contributed by atoms with E-state index in [1.807, 2.05) is 0 Å². The molecule has 0 unspecified atom stereocenters. The van der Waals surface area contributed by atoms with Gasteiger partial charge in [-0.2, -0.15) is 0 Å². The van der Waals surface area contributed by atoms with Crippen LogP contribution in [0.5, 0.6) is 0 Å². The van der Waals surface area contributed by atoms with Gasteiger partial charge in [0.05, 0.1) is 0 Å². The van der Waals surface area contributed by atoms with Crippen molar-refractivity contribution in [3.63, 3.8) is 0 Å². The van der Waals surface area contributed by atoms with Crippen LogP contribution in [-0.4, -0.2) is 13.8 Å². The van der Waals surface area contributed by atoms with Gasteiger partial charge in [0.25, 0.3) is 0 Å². The van der Waals surface area contributed by atoms with Gasteiger partial charge in [-0.1, -0.05) is 82.4 Å². The van der Waals surface area contributed by atoms with E-state index in [9.17, 15) is 0 Å². The first-order valence-electron chi connectivity index (χ1n) is 7.72. The summed E-state index contributed by atoms with van der Waals surface area (Å²) in [7, 11) is -1.78. The minimum atomic E-state index is -1.78. The van der Waals surface area contributed by atoms with Crippen LogP contribution in [0.4, 0.5) is 0 Å². The molecule has 0 saturated heterocycles. The molecule has 0 atom stereocenters. The summed E-state index contributed by atoms with van der Waals surface area (Å²) in [4.78, 5) is 5.26. The van der Waals surface area contributed by atoms with Gasteiger partial charge in [-0.15, -0.1) is 5.54 Å². The molecule has 0 bridgehead atoms. The third-order valence-electron chi connectivity index (χ3n) is 4.16. The normalized spacial score (nSPS) is 13.0. The number of hydrogen-bond acceptors (Lipinski definition) is 0. The molecule has 2 aromatic rings. The predicted octanol–water partition coefficient (Wildman–Crippen LogP) is 6.61. The average molecular weight is 372 g/mol. The van der Waals surface area contributed by atoms with Crippen LogP contribution >= 0.6 is 0 Å². The first kappa shape index (κ1) is 23.3. The number of rotatable bonds is 2. The summed E-state index contributed by atoms with van der Waals surface area (Å²) in [6, 6.07) is 17.7. The predicted molar refractivity (Wildman–Crippen MR) is 107 cm³/mol. The molecule has 0 N–H and O–H groups in total. The summed E-state index contributed by atoms with van der Waals surface area (Å²) in [6.07, 6.45) is 0. The van der Waals surface area contributed by atoms with Gasteiger partial charge in [0.15, 0.2) is 0 Å².